The van der Waals surface area contributed by atoms with Crippen LogP contribution in [0.3, 0.4) is 0 Å². The Morgan fingerprint density at radius 2 is 1.67 bits per heavy atom. The van der Waals surface area contributed by atoms with Crippen molar-refractivity contribution in [1.29, 1.82) is 0 Å². The van der Waals surface area contributed by atoms with Gasteiger partial charge in [0.15, 0.2) is 0 Å². The maximum atomic E-state index is 12.9. The molecule has 0 radical (unpaired) electrons. The highest BCUT2D eigenvalue weighted by atomic mass is 16.1. The molecule has 3 rings (SSSR count). The highest BCUT2D eigenvalue weighted by Crippen LogP contribution is 2.20. The normalized spacial score (nSPS) is 11.0. The van der Waals surface area contributed by atoms with Crippen molar-refractivity contribution in [2.75, 3.05) is 0 Å². The van der Waals surface area contributed by atoms with Gasteiger partial charge in [-0.05, 0) is 37.1 Å². The van der Waals surface area contributed by atoms with Crippen LogP contribution in [0.2, 0.25) is 0 Å². The second-order valence-corrected chi connectivity index (χ2v) is 5.28. The van der Waals surface area contributed by atoms with Crippen molar-refractivity contribution in [2.45, 2.75) is 27.2 Å². The minimum absolute atomic E-state index is 0.00912. The molecule has 0 unspecified atom stereocenters. The lowest BCUT2D eigenvalue weighted by Crippen LogP contribution is -2.25. The van der Waals surface area contributed by atoms with Crippen LogP contribution < -0.4 is 5.56 Å². The maximum Gasteiger partial charge on any atom is 0.265 e. The SMILES string of the molecule is CCc1nc2ccccc2c(=O)n1-c1c(C)cccc1C. The van der Waals surface area contributed by atoms with E-state index >= 15 is 0 Å². The van der Waals surface area contributed by atoms with Crippen molar-refractivity contribution in [3.05, 3.63) is 69.8 Å². The third-order valence-corrected chi connectivity index (χ3v) is 3.82. The number of hydrogen-bond acceptors (Lipinski definition) is 2. The molecule has 0 spiro atoms. The van der Waals surface area contributed by atoms with Crippen molar-refractivity contribution in [2.24, 2.45) is 0 Å². The number of para-hydroxylation sites is 2. The first-order chi connectivity index (χ1) is 10.1. The van der Waals surface area contributed by atoms with E-state index in [2.05, 4.69) is 4.98 Å². The number of aryl methyl sites for hydroxylation is 3. The average molecular weight is 278 g/mol. The molecule has 3 heteroatoms. The lowest BCUT2D eigenvalue weighted by molar-refractivity contribution is 0.824. The molecule has 0 atom stereocenters. The number of nitrogens with zero attached hydrogens (tertiary/aromatic N) is 2. The molecule has 2 aromatic carbocycles. The molecular weight excluding hydrogens is 260 g/mol. The van der Waals surface area contributed by atoms with Crippen LogP contribution in [0.4, 0.5) is 0 Å². The van der Waals surface area contributed by atoms with E-state index in [9.17, 15) is 4.79 Å². The fraction of sp³-hybridized carbons (Fsp3) is 0.222. The predicted molar refractivity (Wildman–Crippen MR) is 86.2 cm³/mol. The standard InChI is InChI=1S/C18H18N2O/c1-4-16-19-15-11-6-5-10-14(15)18(21)20(16)17-12(2)8-7-9-13(17)3/h5-11H,4H2,1-3H3. The van der Waals surface area contributed by atoms with E-state index in [1.165, 1.54) is 0 Å². The molecule has 0 aliphatic carbocycles. The summed E-state index contributed by atoms with van der Waals surface area (Å²) in [6.45, 7) is 6.09. The zero-order valence-corrected chi connectivity index (χ0v) is 12.6. The van der Waals surface area contributed by atoms with E-state index in [1.807, 2.05) is 63.2 Å². The second-order valence-electron chi connectivity index (χ2n) is 5.28. The van der Waals surface area contributed by atoms with Gasteiger partial charge in [0.05, 0.1) is 16.6 Å². The monoisotopic (exact) mass is 278 g/mol. The molecule has 0 aliphatic heterocycles. The predicted octanol–water partition coefficient (Wildman–Crippen LogP) is 3.56. The van der Waals surface area contributed by atoms with Crippen molar-refractivity contribution in [3.8, 4) is 5.69 Å². The first-order valence-electron chi connectivity index (χ1n) is 7.20. The topological polar surface area (TPSA) is 34.9 Å². The van der Waals surface area contributed by atoms with E-state index in [1.54, 1.807) is 4.57 Å². The van der Waals surface area contributed by atoms with Crippen LogP contribution in [0.5, 0.6) is 0 Å². The van der Waals surface area contributed by atoms with Gasteiger partial charge in [-0.2, -0.15) is 0 Å². The zero-order chi connectivity index (χ0) is 15.0. The molecule has 0 saturated heterocycles. The van der Waals surface area contributed by atoms with Gasteiger partial charge in [0, 0.05) is 6.42 Å². The summed E-state index contributed by atoms with van der Waals surface area (Å²) >= 11 is 0. The lowest BCUT2D eigenvalue weighted by Gasteiger charge is -2.16. The van der Waals surface area contributed by atoms with Crippen LogP contribution in [-0.2, 0) is 6.42 Å². The lowest BCUT2D eigenvalue weighted by atomic mass is 10.1. The third-order valence-electron chi connectivity index (χ3n) is 3.82. The smallest absolute Gasteiger partial charge is 0.265 e. The second kappa shape index (κ2) is 5.17. The average Bonchev–Trinajstić information content (AvgIpc) is 2.49. The molecule has 106 valence electrons. The van der Waals surface area contributed by atoms with Gasteiger partial charge >= 0.3 is 0 Å². The van der Waals surface area contributed by atoms with Crippen LogP contribution in [-0.4, -0.2) is 9.55 Å². The van der Waals surface area contributed by atoms with E-state index in [0.29, 0.717) is 11.8 Å². The molecule has 0 fully saturated rings. The van der Waals surface area contributed by atoms with E-state index < -0.39 is 0 Å². The number of aromatic nitrogens is 2. The molecule has 1 heterocycles. The van der Waals surface area contributed by atoms with Crippen molar-refractivity contribution in [1.82, 2.24) is 9.55 Å². The molecule has 0 amide bonds. The minimum atomic E-state index is 0.00912. The summed E-state index contributed by atoms with van der Waals surface area (Å²) in [5, 5.41) is 0.664. The molecule has 1 aromatic heterocycles. The number of rotatable bonds is 2. The number of fused-ring (bicyclic) bond motifs is 1. The summed E-state index contributed by atoms with van der Waals surface area (Å²) in [7, 11) is 0. The fourth-order valence-corrected chi connectivity index (χ4v) is 2.80. The third kappa shape index (κ3) is 2.15. The summed E-state index contributed by atoms with van der Waals surface area (Å²) in [4.78, 5) is 17.6. The molecule has 3 aromatic rings. The Hall–Kier alpha value is -2.42. The molecule has 0 aliphatic rings. The van der Waals surface area contributed by atoms with Crippen LogP contribution in [0.1, 0.15) is 23.9 Å². The van der Waals surface area contributed by atoms with E-state index in [4.69, 9.17) is 0 Å². The first-order valence-corrected chi connectivity index (χ1v) is 7.20. The number of hydrogen-bond donors (Lipinski definition) is 0. The quantitative estimate of drug-likeness (QED) is 0.718. The Labute approximate surface area is 123 Å². The maximum absolute atomic E-state index is 12.9. The Morgan fingerprint density at radius 3 is 2.33 bits per heavy atom. The molecular formula is C18H18N2O. The van der Waals surface area contributed by atoms with E-state index in [0.717, 1.165) is 28.2 Å². The van der Waals surface area contributed by atoms with Crippen LogP contribution in [0.15, 0.2) is 47.3 Å². The molecule has 0 N–H and O–H groups in total. The van der Waals surface area contributed by atoms with Gasteiger partial charge in [-0.15, -0.1) is 0 Å². The largest absolute Gasteiger partial charge is 0.268 e. The highest BCUT2D eigenvalue weighted by Gasteiger charge is 2.14. The van der Waals surface area contributed by atoms with E-state index in [-0.39, 0.29) is 5.56 Å². The van der Waals surface area contributed by atoms with Gasteiger partial charge in [0.1, 0.15) is 5.82 Å². The first kappa shape index (κ1) is 13.6. The zero-order valence-electron chi connectivity index (χ0n) is 12.6. The van der Waals surface area contributed by atoms with Gasteiger partial charge in [-0.1, -0.05) is 37.3 Å². The van der Waals surface area contributed by atoms with Gasteiger partial charge in [0.2, 0.25) is 0 Å². The van der Waals surface area contributed by atoms with Gasteiger partial charge in [0.25, 0.3) is 5.56 Å². The number of benzene rings is 2. The van der Waals surface area contributed by atoms with Crippen molar-refractivity contribution < 1.29 is 0 Å². The van der Waals surface area contributed by atoms with Crippen molar-refractivity contribution in [3.63, 3.8) is 0 Å². The van der Waals surface area contributed by atoms with Gasteiger partial charge < -0.3 is 0 Å². The Bertz CT molecular complexity index is 858. The van der Waals surface area contributed by atoms with Crippen LogP contribution >= 0.6 is 0 Å². The summed E-state index contributed by atoms with van der Waals surface area (Å²) in [5.41, 5.74) is 3.90. The Balaban J connectivity index is 2.47. The minimum Gasteiger partial charge on any atom is -0.268 e. The van der Waals surface area contributed by atoms with Crippen LogP contribution in [0.25, 0.3) is 16.6 Å². The van der Waals surface area contributed by atoms with Crippen molar-refractivity contribution >= 4 is 10.9 Å². The molecule has 0 bridgehead atoms. The van der Waals surface area contributed by atoms with Gasteiger partial charge in [-0.25, -0.2) is 4.98 Å². The molecule has 3 nitrogen and oxygen atoms in total. The fourth-order valence-electron chi connectivity index (χ4n) is 2.80. The summed E-state index contributed by atoms with van der Waals surface area (Å²) in [6, 6.07) is 13.6. The summed E-state index contributed by atoms with van der Waals surface area (Å²) in [6.07, 6.45) is 0.716. The Kier molecular flexibility index (Phi) is 3.34. The summed E-state index contributed by atoms with van der Waals surface area (Å²) in [5.74, 6) is 0.802. The Morgan fingerprint density at radius 1 is 1.00 bits per heavy atom. The summed E-state index contributed by atoms with van der Waals surface area (Å²) < 4.78 is 1.77. The molecule has 0 saturated carbocycles. The van der Waals surface area contributed by atoms with Gasteiger partial charge in [-0.3, -0.25) is 9.36 Å². The molecule has 21 heavy (non-hydrogen) atoms. The van der Waals surface area contributed by atoms with Crippen LogP contribution in [0, 0.1) is 13.8 Å². The highest BCUT2D eigenvalue weighted by molar-refractivity contribution is 5.78.